The SMILES string of the molecule is O=C(NCc1ccc(CN2CCOCC2)cc1)C1CN(S(=O)(=O)c2ccccc2)c2ccccc2O1. The minimum atomic E-state index is -3.86. The molecule has 9 heteroatoms. The first kappa shape index (κ1) is 24.3. The van der Waals surface area contributed by atoms with E-state index in [0.717, 1.165) is 38.4 Å². The van der Waals surface area contributed by atoms with Gasteiger partial charge in [-0.25, -0.2) is 8.42 Å². The third-order valence-electron chi connectivity index (χ3n) is 6.36. The van der Waals surface area contributed by atoms with E-state index in [2.05, 4.69) is 22.3 Å². The largest absolute Gasteiger partial charge is 0.476 e. The molecule has 1 amide bonds. The zero-order valence-corrected chi connectivity index (χ0v) is 20.7. The number of ether oxygens (including phenoxy) is 2. The van der Waals surface area contributed by atoms with Gasteiger partial charge in [0, 0.05) is 26.2 Å². The molecule has 1 fully saturated rings. The average molecular weight is 508 g/mol. The summed E-state index contributed by atoms with van der Waals surface area (Å²) in [6, 6.07) is 23.2. The van der Waals surface area contributed by atoms with E-state index in [1.54, 1.807) is 54.6 Å². The predicted molar refractivity (Wildman–Crippen MR) is 136 cm³/mol. The van der Waals surface area contributed by atoms with E-state index in [-0.39, 0.29) is 17.3 Å². The summed E-state index contributed by atoms with van der Waals surface area (Å²) in [7, 11) is -3.86. The minimum Gasteiger partial charge on any atom is -0.476 e. The lowest BCUT2D eigenvalue weighted by Gasteiger charge is -2.34. The number of rotatable bonds is 7. The Hall–Kier alpha value is -3.40. The molecule has 0 radical (unpaired) electrons. The van der Waals surface area contributed by atoms with E-state index < -0.39 is 16.1 Å². The molecule has 0 spiro atoms. The molecule has 36 heavy (non-hydrogen) atoms. The molecular formula is C27H29N3O5S. The Morgan fingerprint density at radius 3 is 2.31 bits per heavy atom. The molecule has 2 heterocycles. The van der Waals surface area contributed by atoms with E-state index in [1.165, 1.54) is 9.87 Å². The number of amides is 1. The van der Waals surface area contributed by atoms with Crippen molar-refractivity contribution in [1.29, 1.82) is 0 Å². The number of carbonyl (C=O) groups is 1. The number of nitrogens with one attached hydrogen (secondary N) is 1. The van der Waals surface area contributed by atoms with Gasteiger partial charge >= 0.3 is 0 Å². The summed E-state index contributed by atoms with van der Waals surface area (Å²) >= 11 is 0. The van der Waals surface area contributed by atoms with E-state index in [4.69, 9.17) is 9.47 Å². The van der Waals surface area contributed by atoms with Crippen LogP contribution in [0.25, 0.3) is 0 Å². The van der Waals surface area contributed by atoms with E-state index in [0.29, 0.717) is 18.0 Å². The van der Waals surface area contributed by atoms with Crippen LogP contribution in [-0.4, -0.2) is 58.2 Å². The van der Waals surface area contributed by atoms with Crippen LogP contribution >= 0.6 is 0 Å². The number of sulfonamides is 1. The number of carbonyl (C=O) groups excluding carboxylic acids is 1. The first-order valence-electron chi connectivity index (χ1n) is 12.0. The summed E-state index contributed by atoms with van der Waals surface area (Å²) < 4.78 is 39.4. The predicted octanol–water partition coefficient (Wildman–Crippen LogP) is 2.79. The van der Waals surface area contributed by atoms with Crippen molar-refractivity contribution in [3.8, 4) is 5.75 Å². The third-order valence-corrected chi connectivity index (χ3v) is 8.15. The highest BCUT2D eigenvalue weighted by atomic mass is 32.2. The van der Waals surface area contributed by atoms with Crippen molar-refractivity contribution in [3.05, 3.63) is 90.0 Å². The molecule has 0 aliphatic carbocycles. The molecule has 0 bridgehead atoms. The normalized spacial score (nSPS) is 18.2. The van der Waals surface area contributed by atoms with Crippen LogP contribution in [0.5, 0.6) is 5.75 Å². The molecule has 3 aromatic carbocycles. The topological polar surface area (TPSA) is 88.2 Å². The Morgan fingerprint density at radius 1 is 0.889 bits per heavy atom. The fourth-order valence-electron chi connectivity index (χ4n) is 4.37. The number of morpholine rings is 1. The second-order valence-corrected chi connectivity index (χ2v) is 10.7. The van der Waals surface area contributed by atoms with Crippen molar-refractivity contribution < 1.29 is 22.7 Å². The number of hydrogen-bond acceptors (Lipinski definition) is 6. The van der Waals surface area contributed by atoms with Crippen LogP contribution in [0.4, 0.5) is 5.69 Å². The van der Waals surface area contributed by atoms with Gasteiger partial charge in [-0.2, -0.15) is 0 Å². The first-order chi connectivity index (χ1) is 17.5. The number of nitrogens with zero attached hydrogens (tertiary/aromatic N) is 2. The fraction of sp³-hybridized carbons (Fsp3) is 0.296. The molecule has 1 atom stereocenters. The number of hydrogen-bond donors (Lipinski definition) is 1. The zero-order chi connectivity index (χ0) is 25.0. The van der Waals surface area contributed by atoms with Crippen LogP contribution in [0.1, 0.15) is 11.1 Å². The number of benzene rings is 3. The van der Waals surface area contributed by atoms with E-state index in [9.17, 15) is 13.2 Å². The van der Waals surface area contributed by atoms with Crippen molar-refractivity contribution in [2.75, 3.05) is 37.2 Å². The molecule has 1 N–H and O–H groups in total. The number of fused-ring (bicyclic) bond motifs is 1. The first-order valence-corrected chi connectivity index (χ1v) is 13.4. The molecule has 1 saturated heterocycles. The summed E-state index contributed by atoms with van der Waals surface area (Å²) in [6.45, 7) is 4.47. The van der Waals surface area contributed by atoms with E-state index in [1.807, 2.05) is 12.1 Å². The Bertz CT molecular complexity index is 1290. The summed E-state index contributed by atoms with van der Waals surface area (Å²) in [5, 5.41) is 2.90. The van der Waals surface area contributed by atoms with Gasteiger partial charge in [-0.05, 0) is 35.4 Å². The van der Waals surface area contributed by atoms with Crippen LogP contribution in [0.3, 0.4) is 0 Å². The molecule has 0 saturated carbocycles. The Labute approximate surface area is 211 Å². The van der Waals surface area contributed by atoms with Crippen LogP contribution in [-0.2, 0) is 32.6 Å². The van der Waals surface area contributed by atoms with Crippen molar-refractivity contribution in [1.82, 2.24) is 10.2 Å². The van der Waals surface area contributed by atoms with Gasteiger partial charge in [-0.3, -0.25) is 14.0 Å². The summed E-state index contributed by atoms with van der Waals surface area (Å²) in [6.07, 6.45) is -0.973. The standard InChI is InChI=1S/C27H29N3O5S/c31-27(28-18-21-10-12-22(13-11-21)19-29-14-16-34-17-15-29)26-20-30(24-8-4-5-9-25(24)35-26)36(32,33)23-6-2-1-3-7-23/h1-13,26H,14-20H2,(H,28,31). The summed E-state index contributed by atoms with van der Waals surface area (Å²) in [4.78, 5) is 15.6. The lowest BCUT2D eigenvalue weighted by atomic mass is 10.1. The number of para-hydroxylation sites is 2. The van der Waals surface area contributed by atoms with Crippen molar-refractivity contribution >= 4 is 21.6 Å². The highest BCUT2D eigenvalue weighted by Gasteiger charge is 2.37. The van der Waals surface area contributed by atoms with Crippen LogP contribution in [0, 0.1) is 0 Å². The maximum atomic E-state index is 13.4. The van der Waals surface area contributed by atoms with Gasteiger partial charge in [0.25, 0.3) is 15.9 Å². The molecule has 1 unspecified atom stereocenters. The molecule has 8 nitrogen and oxygen atoms in total. The fourth-order valence-corrected chi connectivity index (χ4v) is 5.87. The van der Waals surface area contributed by atoms with Gasteiger partial charge in [0.05, 0.1) is 30.3 Å². The van der Waals surface area contributed by atoms with E-state index >= 15 is 0 Å². The van der Waals surface area contributed by atoms with Crippen LogP contribution in [0.2, 0.25) is 0 Å². The highest BCUT2D eigenvalue weighted by molar-refractivity contribution is 7.92. The van der Waals surface area contributed by atoms with Crippen molar-refractivity contribution in [3.63, 3.8) is 0 Å². The molecule has 2 aliphatic heterocycles. The van der Waals surface area contributed by atoms with Crippen LogP contribution < -0.4 is 14.4 Å². The van der Waals surface area contributed by atoms with Gasteiger partial charge in [-0.1, -0.05) is 54.6 Å². The minimum absolute atomic E-state index is 0.113. The van der Waals surface area contributed by atoms with Gasteiger partial charge in [-0.15, -0.1) is 0 Å². The van der Waals surface area contributed by atoms with Crippen molar-refractivity contribution in [2.45, 2.75) is 24.1 Å². The second kappa shape index (κ2) is 10.7. The maximum absolute atomic E-state index is 13.4. The lowest BCUT2D eigenvalue weighted by molar-refractivity contribution is -0.127. The lowest BCUT2D eigenvalue weighted by Crippen LogP contribution is -2.50. The summed E-state index contributed by atoms with van der Waals surface area (Å²) in [5.74, 6) is -0.00831. The van der Waals surface area contributed by atoms with Crippen molar-refractivity contribution in [2.24, 2.45) is 0 Å². The highest BCUT2D eigenvalue weighted by Crippen LogP contribution is 2.36. The Balaban J connectivity index is 1.25. The molecular weight excluding hydrogens is 478 g/mol. The zero-order valence-electron chi connectivity index (χ0n) is 19.9. The average Bonchev–Trinajstić information content (AvgIpc) is 2.93. The van der Waals surface area contributed by atoms with Gasteiger partial charge in [0.2, 0.25) is 0 Å². The van der Waals surface area contributed by atoms with Gasteiger partial charge < -0.3 is 14.8 Å². The molecule has 3 aromatic rings. The molecule has 0 aromatic heterocycles. The quantitative estimate of drug-likeness (QED) is 0.529. The maximum Gasteiger partial charge on any atom is 0.264 e. The monoisotopic (exact) mass is 507 g/mol. The molecule has 5 rings (SSSR count). The summed E-state index contributed by atoms with van der Waals surface area (Å²) in [5.41, 5.74) is 2.58. The van der Waals surface area contributed by atoms with Gasteiger partial charge in [0.1, 0.15) is 5.75 Å². The van der Waals surface area contributed by atoms with Gasteiger partial charge in [0.15, 0.2) is 6.10 Å². The number of anilines is 1. The second-order valence-electron chi connectivity index (χ2n) is 8.85. The third kappa shape index (κ3) is 5.38. The molecule has 2 aliphatic rings. The molecule has 188 valence electrons. The smallest absolute Gasteiger partial charge is 0.264 e. The Morgan fingerprint density at radius 2 is 1.56 bits per heavy atom. The Kier molecular flexibility index (Phi) is 7.22. The van der Waals surface area contributed by atoms with Crippen LogP contribution in [0.15, 0.2) is 83.8 Å².